The predicted molar refractivity (Wildman–Crippen MR) is 74.4 cm³/mol. The zero-order valence-electron chi connectivity index (χ0n) is 10.6. The number of nitrogen functional groups attached to an aromatic ring is 1. The molecule has 0 amide bonds. The van der Waals surface area contributed by atoms with Gasteiger partial charge in [0.2, 0.25) is 5.88 Å². The maximum absolute atomic E-state index is 5.98. The third kappa shape index (κ3) is 2.57. The van der Waals surface area contributed by atoms with Crippen molar-refractivity contribution in [3.8, 4) is 11.6 Å². The smallest absolute Gasteiger partial charge is 0.219 e. The molecule has 3 nitrogen and oxygen atoms in total. The molecular weight excluding hydrogens is 248 g/mol. The molecule has 0 saturated carbocycles. The van der Waals surface area contributed by atoms with Gasteiger partial charge in [-0.2, -0.15) is 0 Å². The minimum Gasteiger partial charge on any atom is -0.438 e. The van der Waals surface area contributed by atoms with Crippen molar-refractivity contribution in [2.75, 3.05) is 5.73 Å². The highest BCUT2D eigenvalue weighted by Gasteiger charge is 2.08. The molecule has 0 aliphatic rings. The second kappa shape index (κ2) is 4.86. The summed E-state index contributed by atoms with van der Waals surface area (Å²) in [7, 11) is 0. The lowest BCUT2D eigenvalue weighted by molar-refractivity contribution is 0.455. The first-order chi connectivity index (χ1) is 8.47. The fourth-order valence-electron chi connectivity index (χ4n) is 1.77. The molecule has 2 aromatic rings. The number of aromatic nitrogens is 1. The van der Waals surface area contributed by atoms with E-state index in [4.69, 9.17) is 22.1 Å². The molecule has 0 spiro atoms. The van der Waals surface area contributed by atoms with Gasteiger partial charge in [0.05, 0.1) is 11.4 Å². The Kier molecular flexibility index (Phi) is 3.43. The Hall–Kier alpha value is -1.74. The van der Waals surface area contributed by atoms with Gasteiger partial charge in [0.1, 0.15) is 5.75 Å². The van der Waals surface area contributed by atoms with Crippen LogP contribution in [0.3, 0.4) is 0 Å². The zero-order chi connectivity index (χ0) is 13.3. The molecule has 94 valence electrons. The average Bonchev–Trinajstić information content (AvgIpc) is 2.28. The third-order valence-corrected chi connectivity index (χ3v) is 2.95. The standard InChI is InChI=1S/C14H15ClN2O/c1-8-6-11(15)7-9(2)14(8)18-13-5-4-12(16)10(3)17-13/h4-7H,16H2,1-3H3. The van der Waals surface area contributed by atoms with Gasteiger partial charge in [0.25, 0.3) is 0 Å². The highest BCUT2D eigenvalue weighted by Crippen LogP contribution is 2.31. The van der Waals surface area contributed by atoms with Crippen LogP contribution < -0.4 is 10.5 Å². The van der Waals surface area contributed by atoms with E-state index in [0.29, 0.717) is 16.6 Å². The average molecular weight is 263 g/mol. The van der Waals surface area contributed by atoms with Gasteiger partial charge in [-0.1, -0.05) is 11.6 Å². The van der Waals surface area contributed by atoms with Crippen molar-refractivity contribution < 1.29 is 4.74 Å². The number of nitrogens with zero attached hydrogens (tertiary/aromatic N) is 1. The van der Waals surface area contributed by atoms with Crippen LogP contribution in [0.1, 0.15) is 16.8 Å². The van der Waals surface area contributed by atoms with Crippen LogP contribution in [0.2, 0.25) is 5.02 Å². The zero-order valence-corrected chi connectivity index (χ0v) is 11.4. The van der Waals surface area contributed by atoms with E-state index >= 15 is 0 Å². The molecule has 1 aromatic carbocycles. The van der Waals surface area contributed by atoms with E-state index < -0.39 is 0 Å². The minimum atomic E-state index is 0.537. The van der Waals surface area contributed by atoms with E-state index in [9.17, 15) is 0 Å². The maximum atomic E-state index is 5.98. The van der Waals surface area contributed by atoms with Crippen LogP contribution in [0.25, 0.3) is 0 Å². The lowest BCUT2D eigenvalue weighted by Crippen LogP contribution is -1.97. The maximum Gasteiger partial charge on any atom is 0.219 e. The van der Waals surface area contributed by atoms with Gasteiger partial charge in [-0.05, 0) is 50.1 Å². The summed E-state index contributed by atoms with van der Waals surface area (Å²) in [5.74, 6) is 1.33. The van der Waals surface area contributed by atoms with E-state index in [0.717, 1.165) is 22.6 Å². The summed E-state index contributed by atoms with van der Waals surface area (Å²) in [6.45, 7) is 5.76. The Morgan fingerprint density at radius 2 is 1.72 bits per heavy atom. The van der Waals surface area contributed by atoms with E-state index in [1.54, 1.807) is 12.1 Å². The number of hydrogen-bond acceptors (Lipinski definition) is 3. The van der Waals surface area contributed by atoms with E-state index in [1.165, 1.54) is 0 Å². The quantitative estimate of drug-likeness (QED) is 0.889. The molecule has 1 aromatic heterocycles. The van der Waals surface area contributed by atoms with Crippen molar-refractivity contribution in [3.63, 3.8) is 0 Å². The number of anilines is 1. The molecule has 2 N–H and O–H groups in total. The van der Waals surface area contributed by atoms with E-state index in [1.807, 2.05) is 32.9 Å². The molecule has 0 unspecified atom stereocenters. The molecule has 0 aliphatic carbocycles. The largest absolute Gasteiger partial charge is 0.438 e. The lowest BCUT2D eigenvalue weighted by atomic mass is 10.1. The summed E-state index contributed by atoms with van der Waals surface area (Å²) in [6, 6.07) is 7.29. The summed E-state index contributed by atoms with van der Waals surface area (Å²) < 4.78 is 5.81. The van der Waals surface area contributed by atoms with Gasteiger partial charge >= 0.3 is 0 Å². The highest BCUT2D eigenvalue weighted by molar-refractivity contribution is 6.30. The summed E-state index contributed by atoms with van der Waals surface area (Å²) in [6.07, 6.45) is 0. The molecule has 0 atom stereocenters. The normalized spacial score (nSPS) is 10.4. The molecule has 0 bridgehead atoms. The van der Waals surface area contributed by atoms with Crippen molar-refractivity contribution in [3.05, 3.63) is 46.1 Å². The number of halogens is 1. The fourth-order valence-corrected chi connectivity index (χ4v) is 2.10. The van der Waals surface area contributed by atoms with Crippen LogP contribution >= 0.6 is 11.6 Å². The molecular formula is C14H15ClN2O. The van der Waals surface area contributed by atoms with E-state index in [2.05, 4.69) is 4.98 Å². The number of nitrogens with two attached hydrogens (primary N) is 1. The molecule has 0 saturated heterocycles. The van der Waals surface area contributed by atoms with Gasteiger partial charge in [-0.3, -0.25) is 0 Å². The second-order valence-corrected chi connectivity index (χ2v) is 4.73. The Morgan fingerprint density at radius 3 is 2.28 bits per heavy atom. The number of benzene rings is 1. The highest BCUT2D eigenvalue weighted by atomic mass is 35.5. The Morgan fingerprint density at radius 1 is 1.11 bits per heavy atom. The molecule has 18 heavy (non-hydrogen) atoms. The number of aryl methyl sites for hydroxylation is 3. The van der Waals surface area contributed by atoms with Crippen molar-refractivity contribution in [2.24, 2.45) is 0 Å². The summed E-state index contributed by atoms with van der Waals surface area (Å²) >= 11 is 5.98. The van der Waals surface area contributed by atoms with Crippen molar-refractivity contribution >= 4 is 17.3 Å². The molecule has 0 aliphatic heterocycles. The Labute approximate surface area is 112 Å². The molecule has 4 heteroatoms. The number of rotatable bonds is 2. The lowest BCUT2D eigenvalue weighted by Gasteiger charge is -2.12. The van der Waals surface area contributed by atoms with Crippen LogP contribution in [0.15, 0.2) is 24.3 Å². The third-order valence-electron chi connectivity index (χ3n) is 2.73. The Balaban J connectivity index is 2.37. The van der Waals surface area contributed by atoms with E-state index in [-0.39, 0.29) is 0 Å². The molecule has 1 heterocycles. The van der Waals surface area contributed by atoms with Gasteiger partial charge in [-0.15, -0.1) is 0 Å². The monoisotopic (exact) mass is 262 g/mol. The summed E-state index contributed by atoms with van der Waals surface area (Å²) in [5.41, 5.74) is 9.11. The van der Waals surface area contributed by atoms with Crippen LogP contribution in [0, 0.1) is 20.8 Å². The SMILES string of the molecule is Cc1cc(Cl)cc(C)c1Oc1ccc(N)c(C)n1. The van der Waals surface area contributed by atoms with Gasteiger partial charge in [-0.25, -0.2) is 4.98 Å². The van der Waals surface area contributed by atoms with Gasteiger partial charge in [0, 0.05) is 11.1 Å². The van der Waals surface area contributed by atoms with Crippen LogP contribution in [0.5, 0.6) is 11.6 Å². The molecule has 0 fully saturated rings. The van der Waals surface area contributed by atoms with Gasteiger partial charge < -0.3 is 10.5 Å². The Bertz CT molecular complexity index is 573. The number of pyridine rings is 1. The second-order valence-electron chi connectivity index (χ2n) is 4.29. The number of hydrogen-bond donors (Lipinski definition) is 1. The van der Waals surface area contributed by atoms with Crippen LogP contribution in [-0.4, -0.2) is 4.98 Å². The first-order valence-electron chi connectivity index (χ1n) is 5.65. The summed E-state index contributed by atoms with van der Waals surface area (Å²) in [5, 5.41) is 0.707. The van der Waals surface area contributed by atoms with Gasteiger partial charge in [0.15, 0.2) is 0 Å². The summed E-state index contributed by atoms with van der Waals surface area (Å²) in [4.78, 5) is 4.29. The van der Waals surface area contributed by atoms with Crippen molar-refractivity contribution in [1.82, 2.24) is 4.98 Å². The molecule has 2 rings (SSSR count). The topological polar surface area (TPSA) is 48.1 Å². The fraction of sp³-hybridized carbons (Fsp3) is 0.214. The van der Waals surface area contributed by atoms with Crippen molar-refractivity contribution in [2.45, 2.75) is 20.8 Å². The first kappa shape index (κ1) is 12.7. The van der Waals surface area contributed by atoms with Crippen LogP contribution in [-0.2, 0) is 0 Å². The first-order valence-corrected chi connectivity index (χ1v) is 6.03. The predicted octanol–water partition coefficient (Wildman–Crippen LogP) is 4.03. The molecule has 0 radical (unpaired) electrons. The minimum absolute atomic E-state index is 0.537. The van der Waals surface area contributed by atoms with Crippen molar-refractivity contribution in [1.29, 1.82) is 0 Å². The van der Waals surface area contributed by atoms with Crippen LogP contribution in [0.4, 0.5) is 5.69 Å². The number of ether oxygens (including phenoxy) is 1.